The maximum Gasteiger partial charge on any atom is 0.573 e. The first-order chi connectivity index (χ1) is 13.3. The van der Waals surface area contributed by atoms with Gasteiger partial charge in [-0.1, -0.05) is 13.8 Å². The molecule has 2 aliphatic rings. The van der Waals surface area contributed by atoms with Crippen molar-refractivity contribution in [3.8, 4) is 5.75 Å². The van der Waals surface area contributed by atoms with Crippen molar-refractivity contribution in [3.05, 3.63) is 24.0 Å². The lowest BCUT2D eigenvalue weighted by Gasteiger charge is -2.45. The van der Waals surface area contributed by atoms with Crippen LogP contribution in [0.5, 0.6) is 5.75 Å². The van der Waals surface area contributed by atoms with E-state index in [1.165, 1.54) is 6.07 Å². The molecule has 1 aromatic heterocycles. The van der Waals surface area contributed by atoms with Gasteiger partial charge < -0.3 is 19.5 Å². The Kier molecular flexibility index (Phi) is 8.09. The molecule has 1 atom stereocenters. The van der Waals surface area contributed by atoms with Crippen molar-refractivity contribution in [2.45, 2.75) is 57.4 Å². The summed E-state index contributed by atoms with van der Waals surface area (Å²) >= 11 is 0. The van der Waals surface area contributed by atoms with Crippen LogP contribution in [-0.2, 0) is 4.74 Å². The number of nitrogens with zero attached hydrogens (tertiary/aromatic N) is 2. The van der Waals surface area contributed by atoms with E-state index in [-0.39, 0.29) is 17.6 Å². The fourth-order valence-corrected chi connectivity index (χ4v) is 4.09. The SMILES string of the molecule is CC.CN1CCC(O)(C(c2ccc(OC(F)(F)F)cn2)C2CCOCC2)CC1. The van der Waals surface area contributed by atoms with Crippen LogP contribution in [0.4, 0.5) is 13.2 Å². The summed E-state index contributed by atoms with van der Waals surface area (Å²) in [5, 5.41) is 11.4. The smallest absolute Gasteiger partial charge is 0.404 e. The highest BCUT2D eigenvalue weighted by Gasteiger charge is 2.45. The van der Waals surface area contributed by atoms with Crippen LogP contribution < -0.4 is 4.74 Å². The lowest BCUT2D eigenvalue weighted by Crippen LogP contribution is -2.49. The number of hydrogen-bond donors (Lipinski definition) is 1. The number of pyridine rings is 1. The monoisotopic (exact) mass is 404 g/mol. The van der Waals surface area contributed by atoms with Crippen LogP contribution in [0.15, 0.2) is 18.3 Å². The maximum absolute atomic E-state index is 12.4. The van der Waals surface area contributed by atoms with E-state index in [2.05, 4.69) is 14.6 Å². The van der Waals surface area contributed by atoms with Gasteiger partial charge in [-0.05, 0) is 50.8 Å². The van der Waals surface area contributed by atoms with Crippen LogP contribution >= 0.6 is 0 Å². The molecule has 0 saturated carbocycles. The molecule has 160 valence electrons. The highest BCUT2D eigenvalue weighted by atomic mass is 19.4. The fraction of sp³-hybridized carbons (Fsp3) is 0.750. The molecule has 0 aliphatic carbocycles. The van der Waals surface area contributed by atoms with Crippen molar-refractivity contribution in [1.82, 2.24) is 9.88 Å². The van der Waals surface area contributed by atoms with E-state index in [0.717, 1.165) is 32.1 Å². The molecular formula is C20H31F3N2O3. The number of aliphatic hydroxyl groups is 1. The second kappa shape index (κ2) is 9.89. The average molecular weight is 404 g/mol. The van der Waals surface area contributed by atoms with E-state index in [9.17, 15) is 18.3 Å². The van der Waals surface area contributed by atoms with E-state index >= 15 is 0 Å². The summed E-state index contributed by atoms with van der Waals surface area (Å²) < 4.78 is 46.5. The molecule has 2 aliphatic heterocycles. The molecular weight excluding hydrogens is 373 g/mol. The molecule has 28 heavy (non-hydrogen) atoms. The fourth-order valence-electron chi connectivity index (χ4n) is 4.09. The highest BCUT2D eigenvalue weighted by Crippen LogP contribution is 2.44. The molecule has 0 amide bonds. The molecule has 0 aromatic carbocycles. The molecule has 3 heterocycles. The van der Waals surface area contributed by atoms with E-state index < -0.39 is 12.0 Å². The topological polar surface area (TPSA) is 54.8 Å². The van der Waals surface area contributed by atoms with Crippen molar-refractivity contribution in [2.24, 2.45) is 5.92 Å². The molecule has 5 nitrogen and oxygen atoms in total. The largest absolute Gasteiger partial charge is 0.573 e. The van der Waals surface area contributed by atoms with Gasteiger partial charge in [0.2, 0.25) is 0 Å². The van der Waals surface area contributed by atoms with Crippen LogP contribution in [0.1, 0.15) is 51.1 Å². The second-order valence-electron chi connectivity index (χ2n) is 7.30. The Balaban J connectivity index is 0.00000136. The van der Waals surface area contributed by atoms with Crippen LogP contribution in [0.3, 0.4) is 0 Å². The Hall–Kier alpha value is -1.38. The Labute approximate surface area is 164 Å². The first-order valence-corrected chi connectivity index (χ1v) is 9.97. The third-order valence-electron chi connectivity index (χ3n) is 5.48. The van der Waals surface area contributed by atoms with Crippen molar-refractivity contribution in [3.63, 3.8) is 0 Å². The lowest BCUT2D eigenvalue weighted by molar-refractivity contribution is -0.274. The summed E-state index contributed by atoms with van der Waals surface area (Å²) in [6.45, 7) is 6.83. The highest BCUT2D eigenvalue weighted by molar-refractivity contribution is 5.25. The minimum Gasteiger partial charge on any atom is -0.404 e. The molecule has 8 heteroatoms. The van der Waals surface area contributed by atoms with E-state index in [0.29, 0.717) is 31.7 Å². The predicted octanol–water partition coefficient (Wildman–Crippen LogP) is 3.97. The molecule has 1 aromatic rings. The normalized spacial score (nSPS) is 22.1. The number of alkyl halides is 3. The van der Waals surface area contributed by atoms with Gasteiger partial charge in [0.05, 0.1) is 11.8 Å². The van der Waals surface area contributed by atoms with Crippen LogP contribution in [0.2, 0.25) is 0 Å². The minimum atomic E-state index is -4.74. The van der Waals surface area contributed by atoms with E-state index in [1.54, 1.807) is 6.07 Å². The Morgan fingerprint density at radius 1 is 1.21 bits per heavy atom. The molecule has 2 fully saturated rings. The van der Waals surface area contributed by atoms with Gasteiger partial charge in [-0.15, -0.1) is 13.2 Å². The average Bonchev–Trinajstić information content (AvgIpc) is 2.67. The number of ether oxygens (including phenoxy) is 2. The molecule has 0 bridgehead atoms. The first kappa shape index (κ1) is 22.9. The Bertz CT molecular complexity index is 581. The molecule has 1 unspecified atom stereocenters. The number of hydrogen-bond acceptors (Lipinski definition) is 5. The van der Waals surface area contributed by atoms with Gasteiger partial charge in [0, 0.05) is 37.9 Å². The van der Waals surface area contributed by atoms with Gasteiger partial charge in [0.15, 0.2) is 0 Å². The molecule has 1 N–H and O–H groups in total. The Morgan fingerprint density at radius 2 is 1.82 bits per heavy atom. The van der Waals surface area contributed by atoms with Gasteiger partial charge in [0.1, 0.15) is 5.75 Å². The number of halogens is 3. The van der Waals surface area contributed by atoms with Gasteiger partial charge in [0.25, 0.3) is 0 Å². The maximum atomic E-state index is 12.4. The zero-order valence-corrected chi connectivity index (χ0v) is 16.8. The standard InChI is InChI=1S/C18H25F3N2O3.C2H6/c1-23-8-6-17(24,7-9-23)16(13-4-10-25-11-5-13)15-3-2-14(12-22-15)26-18(19,20)21;1-2/h2-3,12-13,16,24H,4-11H2,1H3;1-2H3. The van der Waals surface area contributed by atoms with Crippen LogP contribution in [-0.4, -0.2) is 60.3 Å². The summed E-state index contributed by atoms with van der Waals surface area (Å²) in [6, 6.07) is 2.83. The first-order valence-electron chi connectivity index (χ1n) is 9.97. The zero-order valence-electron chi connectivity index (χ0n) is 16.8. The minimum absolute atomic E-state index is 0.194. The number of likely N-dealkylation sites (tertiary alicyclic amines) is 1. The van der Waals surface area contributed by atoms with Crippen molar-refractivity contribution < 1.29 is 27.8 Å². The number of aromatic nitrogens is 1. The van der Waals surface area contributed by atoms with Gasteiger partial charge in [-0.3, -0.25) is 4.98 Å². The third kappa shape index (κ3) is 6.06. The molecule has 0 radical (unpaired) electrons. The van der Waals surface area contributed by atoms with Crippen LogP contribution in [0, 0.1) is 5.92 Å². The van der Waals surface area contributed by atoms with E-state index in [1.807, 2.05) is 20.9 Å². The zero-order chi connectivity index (χ0) is 20.8. The Morgan fingerprint density at radius 3 is 2.32 bits per heavy atom. The molecule has 0 spiro atoms. The van der Waals surface area contributed by atoms with Crippen molar-refractivity contribution in [1.29, 1.82) is 0 Å². The van der Waals surface area contributed by atoms with Crippen LogP contribution in [0.25, 0.3) is 0 Å². The van der Waals surface area contributed by atoms with Gasteiger partial charge in [-0.2, -0.15) is 0 Å². The number of rotatable bonds is 4. The molecule has 3 rings (SSSR count). The third-order valence-corrected chi connectivity index (χ3v) is 5.48. The van der Waals surface area contributed by atoms with Crippen molar-refractivity contribution >= 4 is 0 Å². The van der Waals surface area contributed by atoms with Crippen molar-refractivity contribution in [2.75, 3.05) is 33.4 Å². The summed E-state index contributed by atoms with van der Waals surface area (Å²) in [7, 11) is 2.02. The summed E-state index contributed by atoms with van der Waals surface area (Å²) in [6.07, 6.45) is -0.790. The van der Waals surface area contributed by atoms with E-state index in [4.69, 9.17) is 4.74 Å². The predicted molar refractivity (Wildman–Crippen MR) is 100 cm³/mol. The number of piperidine rings is 1. The lowest BCUT2D eigenvalue weighted by atomic mass is 9.69. The summed E-state index contributed by atoms with van der Waals surface area (Å²) in [4.78, 5) is 6.41. The summed E-state index contributed by atoms with van der Waals surface area (Å²) in [5.41, 5.74) is -0.285. The molecule has 2 saturated heterocycles. The van der Waals surface area contributed by atoms with Gasteiger partial charge >= 0.3 is 6.36 Å². The quantitative estimate of drug-likeness (QED) is 0.823. The second-order valence-corrected chi connectivity index (χ2v) is 7.30. The summed E-state index contributed by atoms with van der Waals surface area (Å²) in [5.74, 6) is -0.374. The van der Waals surface area contributed by atoms with Gasteiger partial charge in [-0.25, -0.2) is 0 Å².